The third-order valence-electron chi connectivity index (χ3n) is 3.75. The summed E-state index contributed by atoms with van der Waals surface area (Å²) in [7, 11) is 0. The Morgan fingerprint density at radius 2 is 2.00 bits per heavy atom. The van der Waals surface area contributed by atoms with Gasteiger partial charge in [-0.25, -0.2) is 4.98 Å². The number of anilines is 2. The molecule has 0 aliphatic heterocycles. The minimum atomic E-state index is 0.562. The highest BCUT2D eigenvalue weighted by Crippen LogP contribution is 2.28. The van der Waals surface area contributed by atoms with Crippen molar-refractivity contribution in [3.8, 4) is 0 Å². The molecule has 1 aliphatic carbocycles. The fourth-order valence-corrected chi connectivity index (χ4v) is 3.35. The summed E-state index contributed by atoms with van der Waals surface area (Å²) >= 11 is 2.00. The van der Waals surface area contributed by atoms with Gasteiger partial charge in [-0.15, -0.1) is 0 Å². The lowest BCUT2D eigenvalue weighted by molar-refractivity contribution is 0.472. The van der Waals surface area contributed by atoms with Crippen LogP contribution in [0.2, 0.25) is 0 Å². The smallest absolute Gasteiger partial charge is 0.224 e. The molecule has 5 heteroatoms. The highest BCUT2D eigenvalue weighted by molar-refractivity contribution is 7.99. The number of rotatable bonds is 6. The first-order chi connectivity index (χ1) is 9.71. The zero-order valence-corrected chi connectivity index (χ0v) is 13.6. The topological polar surface area (TPSA) is 49.8 Å². The lowest BCUT2D eigenvalue weighted by atomic mass is 9.95. The highest BCUT2D eigenvalue weighted by atomic mass is 32.2. The van der Waals surface area contributed by atoms with Crippen LogP contribution in [-0.4, -0.2) is 34.1 Å². The minimum absolute atomic E-state index is 0.562. The van der Waals surface area contributed by atoms with Crippen LogP contribution in [0.3, 0.4) is 0 Å². The predicted octanol–water partition coefficient (Wildman–Crippen LogP) is 3.69. The molecule has 1 saturated carbocycles. The molecule has 0 aromatic carbocycles. The van der Waals surface area contributed by atoms with E-state index in [1.54, 1.807) is 0 Å². The fourth-order valence-electron chi connectivity index (χ4n) is 2.61. The molecule has 0 atom stereocenters. The van der Waals surface area contributed by atoms with Crippen molar-refractivity contribution in [2.75, 3.05) is 23.4 Å². The van der Waals surface area contributed by atoms with Gasteiger partial charge < -0.3 is 10.6 Å². The average Bonchev–Trinajstić information content (AvgIpc) is 2.45. The zero-order chi connectivity index (χ0) is 14.4. The molecule has 1 aromatic heterocycles. The molecule has 1 fully saturated rings. The van der Waals surface area contributed by atoms with E-state index in [2.05, 4.69) is 33.8 Å². The standard InChI is InChI=1S/C15H26N4S/c1-4-9-16-15-17-11(2)10-14(19-15)18-12-5-7-13(20-3)8-6-12/h10,12-13H,4-9H2,1-3H3,(H2,16,17,18,19). The number of nitrogens with one attached hydrogen (secondary N) is 2. The Morgan fingerprint density at radius 3 is 2.65 bits per heavy atom. The molecule has 0 saturated heterocycles. The summed E-state index contributed by atoms with van der Waals surface area (Å²) < 4.78 is 0. The van der Waals surface area contributed by atoms with Gasteiger partial charge in [0.25, 0.3) is 0 Å². The van der Waals surface area contributed by atoms with Crippen LogP contribution < -0.4 is 10.6 Å². The third kappa shape index (κ3) is 4.54. The van der Waals surface area contributed by atoms with E-state index in [1.807, 2.05) is 24.8 Å². The largest absolute Gasteiger partial charge is 0.367 e. The van der Waals surface area contributed by atoms with Crippen LogP contribution in [0.1, 0.15) is 44.7 Å². The van der Waals surface area contributed by atoms with Crippen LogP contribution in [0.5, 0.6) is 0 Å². The van der Waals surface area contributed by atoms with Crippen molar-refractivity contribution in [3.63, 3.8) is 0 Å². The predicted molar refractivity (Wildman–Crippen MR) is 88.7 cm³/mol. The van der Waals surface area contributed by atoms with E-state index < -0.39 is 0 Å². The minimum Gasteiger partial charge on any atom is -0.367 e. The van der Waals surface area contributed by atoms with Crippen molar-refractivity contribution >= 4 is 23.5 Å². The quantitative estimate of drug-likeness (QED) is 0.838. The fraction of sp³-hybridized carbons (Fsp3) is 0.733. The summed E-state index contributed by atoms with van der Waals surface area (Å²) in [5.74, 6) is 1.70. The van der Waals surface area contributed by atoms with E-state index in [4.69, 9.17) is 0 Å². The Kier molecular flexibility index (Phi) is 5.95. The van der Waals surface area contributed by atoms with Crippen LogP contribution in [0.15, 0.2) is 6.07 Å². The summed E-state index contributed by atoms with van der Waals surface area (Å²) in [5, 5.41) is 7.70. The van der Waals surface area contributed by atoms with Gasteiger partial charge in [0.2, 0.25) is 5.95 Å². The average molecular weight is 294 g/mol. The van der Waals surface area contributed by atoms with Gasteiger partial charge in [-0.2, -0.15) is 16.7 Å². The molecule has 0 unspecified atom stereocenters. The van der Waals surface area contributed by atoms with E-state index in [0.29, 0.717) is 6.04 Å². The van der Waals surface area contributed by atoms with E-state index >= 15 is 0 Å². The molecule has 2 rings (SSSR count). The van der Waals surface area contributed by atoms with Crippen LogP contribution >= 0.6 is 11.8 Å². The lowest BCUT2D eigenvalue weighted by Crippen LogP contribution is -2.27. The molecule has 0 spiro atoms. The van der Waals surface area contributed by atoms with E-state index in [9.17, 15) is 0 Å². The van der Waals surface area contributed by atoms with Crippen molar-refractivity contribution in [1.82, 2.24) is 9.97 Å². The Morgan fingerprint density at radius 1 is 1.25 bits per heavy atom. The van der Waals surface area contributed by atoms with Crippen molar-refractivity contribution in [2.24, 2.45) is 0 Å². The third-order valence-corrected chi connectivity index (χ3v) is 4.88. The van der Waals surface area contributed by atoms with Crippen molar-refractivity contribution in [2.45, 2.75) is 57.2 Å². The van der Waals surface area contributed by atoms with Crippen LogP contribution in [-0.2, 0) is 0 Å². The molecule has 4 nitrogen and oxygen atoms in total. The highest BCUT2D eigenvalue weighted by Gasteiger charge is 2.20. The first-order valence-corrected chi connectivity index (χ1v) is 8.89. The maximum absolute atomic E-state index is 4.57. The monoisotopic (exact) mass is 294 g/mol. The number of nitrogens with zero attached hydrogens (tertiary/aromatic N) is 2. The van der Waals surface area contributed by atoms with Gasteiger partial charge in [-0.1, -0.05) is 6.92 Å². The van der Waals surface area contributed by atoms with Gasteiger partial charge in [0.15, 0.2) is 0 Å². The first kappa shape index (κ1) is 15.4. The van der Waals surface area contributed by atoms with Crippen molar-refractivity contribution < 1.29 is 0 Å². The van der Waals surface area contributed by atoms with Crippen LogP contribution in [0, 0.1) is 6.92 Å². The van der Waals surface area contributed by atoms with Gasteiger partial charge in [-0.05, 0) is 45.3 Å². The molecule has 20 heavy (non-hydrogen) atoms. The van der Waals surface area contributed by atoms with Gasteiger partial charge in [0.1, 0.15) is 5.82 Å². The molecule has 0 radical (unpaired) electrons. The van der Waals surface area contributed by atoms with Crippen LogP contribution in [0.4, 0.5) is 11.8 Å². The second-order valence-corrected chi connectivity index (χ2v) is 6.64. The van der Waals surface area contributed by atoms with Crippen LogP contribution in [0.25, 0.3) is 0 Å². The molecule has 1 aliphatic rings. The number of aromatic nitrogens is 2. The molecule has 2 N–H and O–H groups in total. The molecule has 1 aromatic rings. The number of hydrogen-bond donors (Lipinski definition) is 2. The molecule has 0 bridgehead atoms. The van der Waals surface area contributed by atoms with Gasteiger partial charge in [0.05, 0.1) is 0 Å². The Hall–Kier alpha value is -0.970. The molecular formula is C15H26N4S. The summed E-state index contributed by atoms with van der Waals surface area (Å²) in [6, 6.07) is 2.60. The van der Waals surface area contributed by atoms with Gasteiger partial charge >= 0.3 is 0 Å². The Balaban J connectivity index is 1.93. The molecule has 112 valence electrons. The normalized spacial score (nSPS) is 22.6. The van der Waals surface area contributed by atoms with E-state index in [1.165, 1.54) is 25.7 Å². The maximum Gasteiger partial charge on any atom is 0.224 e. The molecular weight excluding hydrogens is 268 g/mol. The summed E-state index contributed by atoms with van der Waals surface area (Å²) in [5.41, 5.74) is 1.01. The Labute approximate surface area is 126 Å². The summed E-state index contributed by atoms with van der Waals surface area (Å²) in [6.45, 7) is 5.09. The van der Waals surface area contributed by atoms with Crippen molar-refractivity contribution in [3.05, 3.63) is 11.8 Å². The van der Waals surface area contributed by atoms with Gasteiger partial charge in [0, 0.05) is 29.6 Å². The van der Waals surface area contributed by atoms with E-state index in [0.717, 1.165) is 35.7 Å². The SMILES string of the molecule is CCCNc1nc(C)cc(NC2CCC(SC)CC2)n1. The Bertz CT molecular complexity index is 416. The number of thioether (sulfide) groups is 1. The van der Waals surface area contributed by atoms with Crippen molar-refractivity contribution in [1.29, 1.82) is 0 Å². The number of hydrogen-bond acceptors (Lipinski definition) is 5. The van der Waals surface area contributed by atoms with E-state index in [-0.39, 0.29) is 0 Å². The molecule has 0 amide bonds. The summed E-state index contributed by atoms with van der Waals surface area (Å²) in [6.07, 6.45) is 8.41. The number of aryl methyl sites for hydroxylation is 1. The summed E-state index contributed by atoms with van der Waals surface area (Å²) in [4.78, 5) is 8.99. The van der Waals surface area contributed by atoms with Gasteiger partial charge in [-0.3, -0.25) is 0 Å². The zero-order valence-electron chi connectivity index (χ0n) is 12.8. The molecule has 1 heterocycles. The second kappa shape index (κ2) is 7.72. The maximum atomic E-state index is 4.57. The first-order valence-electron chi connectivity index (χ1n) is 7.60. The second-order valence-electron chi connectivity index (χ2n) is 5.50. The lowest BCUT2D eigenvalue weighted by Gasteiger charge is -2.28.